The van der Waals surface area contributed by atoms with Crippen molar-refractivity contribution in [1.29, 1.82) is 0 Å². The van der Waals surface area contributed by atoms with E-state index in [1.807, 2.05) is 13.0 Å². The van der Waals surface area contributed by atoms with Gasteiger partial charge >= 0.3 is 0 Å². The van der Waals surface area contributed by atoms with Gasteiger partial charge in [-0.3, -0.25) is 4.79 Å². The van der Waals surface area contributed by atoms with Crippen LogP contribution < -0.4 is 10.3 Å². The molecule has 0 atom stereocenters. The number of aryl methyl sites for hydroxylation is 1. The minimum atomic E-state index is -0.0551. The highest BCUT2D eigenvalue weighted by atomic mass is 16.5. The minimum Gasteiger partial charge on any atom is -0.493 e. The monoisotopic (exact) mass is 286 g/mol. The third-order valence-electron chi connectivity index (χ3n) is 4.46. The molecule has 2 aliphatic heterocycles. The average molecular weight is 286 g/mol. The van der Waals surface area contributed by atoms with Crippen LogP contribution in [0.2, 0.25) is 0 Å². The molecule has 1 aromatic carbocycles. The van der Waals surface area contributed by atoms with Gasteiger partial charge in [-0.25, -0.2) is 4.98 Å². The van der Waals surface area contributed by atoms with Gasteiger partial charge in [0.15, 0.2) is 0 Å². The molecule has 1 fully saturated rings. The summed E-state index contributed by atoms with van der Waals surface area (Å²) < 4.78 is 11.3. The Morgan fingerprint density at radius 2 is 2.10 bits per heavy atom. The van der Waals surface area contributed by atoms with Gasteiger partial charge in [-0.15, -0.1) is 0 Å². The van der Waals surface area contributed by atoms with Crippen LogP contribution in [0.1, 0.15) is 35.7 Å². The highest BCUT2D eigenvalue weighted by Crippen LogP contribution is 2.41. The molecule has 2 aliphatic rings. The van der Waals surface area contributed by atoms with Gasteiger partial charge in [0, 0.05) is 25.2 Å². The van der Waals surface area contributed by atoms with Gasteiger partial charge in [0.05, 0.1) is 17.5 Å². The van der Waals surface area contributed by atoms with Crippen molar-refractivity contribution in [1.82, 2.24) is 9.97 Å². The SMILES string of the molecule is Cc1nc2c3c(c(C4CCOCC4)cc2c(=O)[nH]1)OCC3. The first-order chi connectivity index (χ1) is 10.2. The van der Waals surface area contributed by atoms with Crippen LogP contribution in [0, 0.1) is 6.92 Å². The number of nitrogens with zero attached hydrogens (tertiary/aromatic N) is 1. The van der Waals surface area contributed by atoms with Crippen molar-refractivity contribution >= 4 is 10.9 Å². The predicted molar refractivity (Wildman–Crippen MR) is 79.1 cm³/mol. The molecule has 4 rings (SSSR count). The fraction of sp³-hybridized carbons (Fsp3) is 0.500. The highest BCUT2D eigenvalue weighted by molar-refractivity contribution is 5.85. The summed E-state index contributed by atoms with van der Waals surface area (Å²) in [7, 11) is 0. The zero-order valence-corrected chi connectivity index (χ0v) is 12.1. The first-order valence-corrected chi connectivity index (χ1v) is 7.51. The average Bonchev–Trinajstić information content (AvgIpc) is 2.97. The number of hydrogen-bond acceptors (Lipinski definition) is 4. The molecule has 1 saturated heterocycles. The first-order valence-electron chi connectivity index (χ1n) is 7.51. The Hall–Kier alpha value is -1.88. The van der Waals surface area contributed by atoms with Gasteiger partial charge in [-0.1, -0.05) is 0 Å². The van der Waals surface area contributed by atoms with Crippen LogP contribution in [0.3, 0.4) is 0 Å². The molecule has 2 aromatic rings. The quantitative estimate of drug-likeness (QED) is 0.871. The minimum absolute atomic E-state index is 0.0551. The van der Waals surface area contributed by atoms with Crippen LogP contribution >= 0.6 is 0 Å². The number of aromatic amines is 1. The molecule has 1 N–H and O–H groups in total. The zero-order valence-electron chi connectivity index (χ0n) is 12.1. The second kappa shape index (κ2) is 4.84. The maximum atomic E-state index is 12.3. The normalized spacial score (nSPS) is 18.7. The van der Waals surface area contributed by atoms with Gasteiger partial charge in [-0.05, 0) is 37.3 Å². The van der Waals surface area contributed by atoms with Gasteiger partial charge in [0.25, 0.3) is 5.56 Å². The van der Waals surface area contributed by atoms with E-state index >= 15 is 0 Å². The first kappa shape index (κ1) is 12.8. The molecule has 0 amide bonds. The molecule has 5 nitrogen and oxygen atoms in total. The van der Waals surface area contributed by atoms with Crippen LogP contribution in [0.4, 0.5) is 0 Å². The summed E-state index contributed by atoms with van der Waals surface area (Å²) in [5.74, 6) is 2.03. The van der Waals surface area contributed by atoms with E-state index in [1.165, 1.54) is 0 Å². The van der Waals surface area contributed by atoms with Crippen LogP contribution in [-0.4, -0.2) is 29.8 Å². The van der Waals surface area contributed by atoms with E-state index in [0.29, 0.717) is 23.7 Å². The predicted octanol–water partition coefficient (Wildman–Crippen LogP) is 2.06. The van der Waals surface area contributed by atoms with Crippen molar-refractivity contribution in [3.63, 3.8) is 0 Å². The Kier molecular flexibility index (Phi) is 2.96. The highest BCUT2D eigenvalue weighted by Gasteiger charge is 2.27. The summed E-state index contributed by atoms with van der Waals surface area (Å²) in [5.41, 5.74) is 3.01. The number of benzene rings is 1. The van der Waals surface area contributed by atoms with Gasteiger partial charge in [0.1, 0.15) is 11.6 Å². The second-order valence-corrected chi connectivity index (χ2v) is 5.81. The summed E-state index contributed by atoms with van der Waals surface area (Å²) in [4.78, 5) is 19.6. The molecule has 3 heterocycles. The number of H-pyrrole nitrogens is 1. The van der Waals surface area contributed by atoms with Crippen LogP contribution in [-0.2, 0) is 11.2 Å². The van der Waals surface area contributed by atoms with Gasteiger partial charge in [0.2, 0.25) is 0 Å². The van der Waals surface area contributed by atoms with Crippen LogP contribution in [0.5, 0.6) is 5.75 Å². The smallest absolute Gasteiger partial charge is 0.258 e. The molecular weight excluding hydrogens is 268 g/mol. The van der Waals surface area contributed by atoms with E-state index in [1.54, 1.807) is 0 Å². The Bertz CT molecular complexity index is 760. The fourth-order valence-electron chi connectivity index (χ4n) is 3.43. The number of rotatable bonds is 1. The van der Waals surface area contributed by atoms with Crippen molar-refractivity contribution in [2.24, 2.45) is 0 Å². The largest absolute Gasteiger partial charge is 0.493 e. The fourth-order valence-corrected chi connectivity index (χ4v) is 3.43. The summed E-state index contributed by atoms with van der Waals surface area (Å²) in [6.45, 7) is 4.05. The van der Waals surface area contributed by atoms with E-state index in [2.05, 4.69) is 9.97 Å². The van der Waals surface area contributed by atoms with Crippen molar-refractivity contribution in [3.8, 4) is 5.75 Å². The lowest BCUT2D eigenvalue weighted by Gasteiger charge is -2.24. The Morgan fingerprint density at radius 1 is 1.29 bits per heavy atom. The lowest BCUT2D eigenvalue weighted by atomic mass is 9.88. The summed E-state index contributed by atoms with van der Waals surface area (Å²) >= 11 is 0. The molecule has 0 bridgehead atoms. The molecule has 0 radical (unpaired) electrons. The number of fused-ring (bicyclic) bond motifs is 3. The van der Waals surface area contributed by atoms with E-state index in [4.69, 9.17) is 9.47 Å². The number of ether oxygens (including phenoxy) is 2. The number of hydrogen-bond donors (Lipinski definition) is 1. The third-order valence-corrected chi connectivity index (χ3v) is 4.46. The lowest BCUT2D eigenvalue weighted by molar-refractivity contribution is 0.0848. The molecule has 0 aliphatic carbocycles. The van der Waals surface area contributed by atoms with E-state index < -0.39 is 0 Å². The molecule has 0 saturated carbocycles. The molecule has 1 aromatic heterocycles. The second-order valence-electron chi connectivity index (χ2n) is 5.81. The Balaban J connectivity index is 1.98. The van der Waals surface area contributed by atoms with Crippen molar-refractivity contribution in [3.05, 3.63) is 33.4 Å². The lowest BCUT2D eigenvalue weighted by Crippen LogP contribution is -2.16. The standard InChI is InChI=1S/C16H18N2O3/c1-9-17-14-11-4-7-21-15(11)12(8-13(14)16(19)18-9)10-2-5-20-6-3-10/h8,10H,2-7H2,1H3,(H,17,18,19). The van der Waals surface area contributed by atoms with E-state index in [0.717, 1.165) is 54.9 Å². The number of aromatic nitrogens is 2. The third kappa shape index (κ3) is 2.03. The van der Waals surface area contributed by atoms with Gasteiger partial charge in [-0.2, -0.15) is 0 Å². The number of nitrogens with one attached hydrogen (secondary N) is 1. The maximum Gasteiger partial charge on any atom is 0.258 e. The topological polar surface area (TPSA) is 64.2 Å². The van der Waals surface area contributed by atoms with Crippen molar-refractivity contribution < 1.29 is 9.47 Å². The maximum absolute atomic E-state index is 12.3. The zero-order chi connectivity index (χ0) is 14.4. The summed E-state index contributed by atoms with van der Waals surface area (Å²) in [5, 5.41) is 0.686. The van der Waals surface area contributed by atoms with E-state index in [-0.39, 0.29) is 5.56 Å². The van der Waals surface area contributed by atoms with Gasteiger partial charge < -0.3 is 14.5 Å². The Labute approximate surface area is 122 Å². The van der Waals surface area contributed by atoms with Crippen molar-refractivity contribution in [2.45, 2.75) is 32.1 Å². The molecule has 5 heteroatoms. The van der Waals surface area contributed by atoms with E-state index in [9.17, 15) is 4.79 Å². The molecule has 0 spiro atoms. The van der Waals surface area contributed by atoms with Crippen LogP contribution in [0.25, 0.3) is 10.9 Å². The molecule has 0 unspecified atom stereocenters. The van der Waals surface area contributed by atoms with Crippen molar-refractivity contribution in [2.75, 3.05) is 19.8 Å². The van der Waals surface area contributed by atoms with Crippen LogP contribution in [0.15, 0.2) is 10.9 Å². The Morgan fingerprint density at radius 3 is 2.90 bits per heavy atom. The molecule has 21 heavy (non-hydrogen) atoms. The summed E-state index contributed by atoms with van der Waals surface area (Å²) in [6.07, 6.45) is 2.80. The summed E-state index contributed by atoms with van der Waals surface area (Å²) in [6, 6.07) is 1.99. The molecule has 110 valence electrons. The molecular formula is C16H18N2O3.